The molecule has 184 valence electrons. The summed E-state index contributed by atoms with van der Waals surface area (Å²) in [6.45, 7) is 7.94. The zero-order valence-electron chi connectivity index (χ0n) is 19.9. The number of amides is 2. The highest BCUT2D eigenvalue weighted by molar-refractivity contribution is 6.12. The molecular formula is C24H32BFN2O6. The first-order valence-corrected chi connectivity index (χ1v) is 11.8. The van der Waals surface area contributed by atoms with Crippen LogP contribution < -0.4 is 10.1 Å². The standard InChI is InChI=1S/C24H32BFN2O6/c1-13-4-5-19-17(8-13)18(29)11-20(32-19)22(30)27-7-6-14(2)28-12-21(33-23(28)31)15-9-16(10-15)34-24(3,25)26/h4-5,8,15-16,18,20-21,29H,2,6-7,9-12,25H2,1,3H3,(H,27,30)/t15?,16?,18-,20-,21?,24?/m1/s1. The Labute approximate surface area is 199 Å². The number of ether oxygens (including phenoxy) is 3. The molecule has 10 heteroatoms. The average molecular weight is 474 g/mol. The summed E-state index contributed by atoms with van der Waals surface area (Å²) in [5, 5.41) is 13.2. The van der Waals surface area contributed by atoms with Gasteiger partial charge in [0.05, 0.1) is 18.8 Å². The van der Waals surface area contributed by atoms with Crippen LogP contribution in [0.2, 0.25) is 0 Å². The topological polar surface area (TPSA) is 97.3 Å². The normalized spacial score (nSPS) is 29.8. The van der Waals surface area contributed by atoms with Crippen molar-refractivity contribution in [1.29, 1.82) is 0 Å². The van der Waals surface area contributed by atoms with Crippen LogP contribution in [0.1, 0.15) is 49.8 Å². The van der Waals surface area contributed by atoms with Crippen LogP contribution in [0, 0.1) is 12.8 Å². The number of hydrogen-bond donors (Lipinski definition) is 2. The molecule has 1 aliphatic carbocycles. The zero-order valence-corrected chi connectivity index (χ0v) is 19.9. The van der Waals surface area contributed by atoms with E-state index in [0.29, 0.717) is 42.8 Å². The van der Waals surface area contributed by atoms with Gasteiger partial charge in [0.25, 0.3) is 5.91 Å². The number of aliphatic hydroxyl groups excluding tert-OH is 1. The first-order chi connectivity index (χ1) is 16.0. The molecule has 1 aromatic rings. The van der Waals surface area contributed by atoms with Gasteiger partial charge in [0.15, 0.2) is 19.7 Å². The number of aryl methyl sites for hydroxylation is 1. The predicted molar refractivity (Wildman–Crippen MR) is 125 cm³/mol. The molecule has 2 fully saturated rings. The van der Waals surface area contributed by atoms with E-state index < -0.39 is 24.1 Å². The van der Waals surface area contributed by atoms with Crippen molar-refractivity contribution in [3.05, 3.63) is 41.6 Å². The molecule has 2 aliphatic heterocycles. The van der Waals surface area contributed by atoms with E-state index in [9.17, 15) is 19.1 Å². The lowest BCUT2D eigenvalue weighted by atomic mass is 9.78. The Morgan fingerprint density at radius 1 is 1.38 bits per heavy atom. The molecular weight excluding hydrogens is 442 g/mol. The van der Waals surface area contributed by atoms with Crippen LogP contribution in [0.15, 0.2) is 30.5 Å². The summed E-state index contributed by atoms with van der Waals surface area (Å²) in [5.74, 6) is -1.35. The number of benzene rings is 1. The van der Waals surface area contributed by atoms with Gasteiger partial charge in [-0.1, -0.05) is 18.2 Å². The number of carbonyl (C=O) groups is 2. The third kappa shape index (κ3) is 5.55. The molecule has 2 unspecified atom stereocenters. The summed E-state index contributed by atoms with van der Waals surface area (Å²) in [6.07, 6.45) is -0.604. The van der Waals surface area contributed by atoms with Gasteiger partial charge in [-0.25, -0.2) is 9.18 Å². The van der Waals surface area contributed by atoms with E-state index in [1.54, 1.807) is 6.07 Å². The maximum absolute atomic E-state index is 13.6. The number of fused-ring (bicyclic) bond motifs is 1. The van der Waals surface area contributed by atoms with Crippen molar-refractivity contribution in [3.8, 4) is 5.75 Å². The van der Waals surface area contributed by atoms with Crippen molar-refractivity contribution in [2.45, 2.75) is 69.7 Å². The molecule has 1 saturated carbocycles. The highest BCUT2D eigenvalue weighted by Gasteiger charge is 2.45. The summed E-state index contributed by atoms with van der Waals surface area (Å²) in [5.41, 5.74) is 2.26. The van der Waals surface area contributed by atoms with Gasteiger partial charge in [-0.05, 0) is 38.8 Å². The smallest absolute Gasteiger partial charge is 0.414 e. The number of halogens is 1. The molecule has 8 nitrogen and oxygen atoms in total. The number of cyclic esters (lactones) is 1. The molecule has 4 atom stereocenters. The summed E-state index contributed by atoms with van der Waals surface area (Å²) in [7, 11) is 1.38. The maximum atomic E-state index is 13.6. The van der Waals surface area contributed by atoms with Crippen molar-refractivity contribution >= 4 is 19.8 Å². The van der Waals surface area contributed by atoms with Gasteiger partial charge < -0.3 is 24.6 Å². The molecule has 2 amide bonds. The quantitative estimate of drug-likeness (QED) is 0.561. The lowest BCUT2D eigenvalue weighted by molar-refractivity contribution is -0.157. The van der Waals surface area contributed by atoms with Crippen molar-refractivity contribution in [2.24, 2.45) is 5.92 Å². The van der Waals surface area contributed by atoms with Gasteiger partial charge >= 0.3 is 6.09 Å². The molecule has 2 heterocycles. The largest absolute Gasteiger partial charge is 0.480 e. The third-order valence-electron chi connectivity index (χ3n) is 6.56. The van der Waals surface area contributed by atoms with E-state index in [0.717, 1.165) is 5.56 Å². The first-order valence-electron chi connectivity index (χ1n) is 11.8. The second-order valence-corrected chi connectivity index (χ2v) is 9.87. The number of aliphatic hydroxyl groups is 1. The van der Waals surface area contributed by atoms with E-state index in [2.05, 4.69) is 11.9 Å². The van der Waals surface area contributed by atoms with Gasteiger partial charge in [0.1, 0.15) is 11.9 Å². The van der Waals surface area contributed by atoms with E-state index >= 15 is 0 Å². The average Bonchev–Trinajstić information content (AvgIpc) is 3.11. The molecule has 0 bridgehead atoms. The Bertz CT molecular complexity index is 961. The Morgan fingerprint density at radius 2 is 2.12 bits per heavy atom. The highest BCUT2D eigenvalue weighted by atomic mass is 19.2. The monoisotopic (exact) mass is 474 g/mol. The molecule has 0 spiro atoms. The van der Waals surface area contributed by atoms with Crippen LogP contribution in [0.25, 0.3) is 0 Å². The second-order valence-electron chi connectivity index (χ2n) is 9.87. The van der Waals surface area contributed by atoms with Crippen molar-refractivity contribution in [3.63, 3.8) is 0 Å². The number of rotatable bonds is 8. The molecule has 4 rings (SSSR count). The minimum atomic E-state index is -1.67. The number of nitrogens with one attached hydrogen (secondary N) is 1. The van der Waals surface area contributed by atoms with Crippen LogP contribution >= 0.6 is 0 Å². The van der Waals surface area contributed by atoms with Gasteiger partial charge in [-0.15, -0.1) is 0 Å². The van der Waals surface area contributed by atoms with Gasteiger partial charge in [0.2, 0.25) is 0 Å². The van der Waals surface area contributed by atoms with E-state index in [4.69, 9.17) is 14.2 Å². The highest BCUT2D eigenvalue weighted by Crippen LogP contribution is 2.39. The summed E-state index contributed by atoms with van der Waals surface area (Å²) >= 11 is 0. The molecule has 0 aromatic heterocycles. The Hall–Kier alpha value is -2.59. The Morgan fingerprint density at radius 3 is 2.82 bits per heavy atom. The second kappa shape index (κ2) is 9.58. The van der Waals surface area contributed by atoms with Crippen LogP contribution in [-0.4, -0.2) is 67.0 Å². The fourth-order valence-corrected chi connectivity index (χ4v) is 4.70. The van der Waals surface area contributed by atoms with Crippen LogP contribution in [0.4, 0.5) is 9.18 Å². The number of nitrogens with zero attached hydrogens (tertiary/aromatic N) is 1. The minimum absolute atomic E-state index is 0.135. The third-order valence-corrected chi connectivity index (χ3v) is 6.56. The fourth-order valence-electron chi connectivity index (χ4n) is 4.70. The maximum Gasteiger partial charge on any atom is 0.414 e. The number of carbonyl (C=O) groups excluding carboxylic acids is 2. The van der Waals surface area contributed by atoms with Gasteiger partial charge in [-0.2, -0.15) is 0 Å². The molecule has 2 N–H and O–H groups in total. The zero-order chi connectivity index (χ0) is 24.6. The molecule has 34 heavy (non-hydrogen) atoms. The lowest BCUT2D eigenvalue weighted by Crippen LogP contribution is -2.44. The van der Waals surface area contributed by atoms with Crippen molar-refractivity contribution < 1.29 is 33.3 Å². The van der Waals surface area contributed by atoms with Crippen LogP contribution in [0.3, 0.4) is 0 Å². The number of hydrogen-bond acceptors (Lipinski definition) is 6. The van der Waals surface area contributed by atoms with E-state index in [-0.39, 0.29) is 37.0 Å². The fraction of sp³-hybridized carbons (Fsp3) is 0.583. The van der Waals surface area contributed by atoms with Crippen LogP contribution in [-0.2, 0) is 14.3 Å². The molecule has 0 radical (unpaired) electrons. The Balaban J connectivity index is 1.20. The van der Waals surface area contributed by atoms with E-state index in [1.807, 2.05) is 19.1 Å². The van der Waals surface area contributed by atoms with Gasteiger partial charge in [0, 0.05) is 36.6 Å². The molecule has 1 aromatic carbocycles. The molecule has 1 saturated heterocycles. The number of alkyl halides is 1. The SMILES string of the molecule is BC(C)(F)OC1CC(C2CN(C(=C)CCNC(=O)[C@H]3C[C@@H](O)c4cc(C)ccc4O3)C(=O)O2)C1. The predicted octanol–water partition coefficient (Wildman–Crippen LogP) is 2.09. The van der Waals surface area contributed by atoms with Crippen molar-refractivity contribution in [2.75, 3.05) is 13.1 Å². The van der Waals surface area contributed by atoms with Crippen molar-refractivity contribution in [1.82, 2.24) is 10.2 Å². The lowest BCUT2D eigenvalue weighted by Gasteiger charge is -2.39. The van der Waals surface area contributed by atoms with E-state index in [1.165, 1.54) is 19.7 Å². The first kappa shape index (κ1) is 24.5. The Kier molecular flexibility index (Phi) is 6.91. The minimum Gasteiger partial charge on any atom is -0.480 e. The summed E-state index contributed by atoms with van der Waals surface area (Å²) in [6, 6.07) is 5.50. The van der Waals surface area contributed by atoms with Crippen LogP contribution in [0.5, 0.6) is 5.75 Å². The molecule has 3 aliphatic rings. The summed E-state index contributed by atoms with van der Waals surface area (Å²) in [4.78, 5) is 26.4. The summed E-state index contributed by atoms with van der Waals surface area (Å²) < 4.78 is 30.2. The van der Waals surface area contributed by atoms with Gasteiger partial charge in [-0.3, -0.25) is 9.69 Å².